The second-order valence-electron chi connectivity index (χ2n) is 5.51. The Bertz CT molecular complexity index is 862. The summed E-state index contributed by atoms with van der Waals surface area (Å²) in [6, 6.07) is 12.9. The Labute approximate surface area is 150 Å². The molecular weight excluding hydrogens is 334 g/mol. The van der Waals surface area contributed by atoms with Gasteiger partial charge in [0.2, 0.25) is 5.88 Å². The molecular formula is C18H18N5O3-. The van der Waals surface area contributed by atoms with Crippen LogP contribution in [0.3, 0.4) is 0 Å². The lowest BCUT2D eigenvalue weighted by Gasteiger charge is -2.09. The number of benzene rings is 1. The largest absolute Gasteiger partial charge is 0.853 e. The summed E-state index contributed by atoms with van der Waals surface area (Å²) in [7, 11) is 1.80. The molecule has 8 nitrogen and oxygen atoms in total. The van der Waals surface area contributed by atoms with Gasteiger partial charge in [0.15, 0.2) is 0 Å². The fraction of sp³-hybridized carbons (Fsp3) is 0.222. The van der Waals surface area contributed by atoms with Crippen LogP contribution in [0.25, 0.3) is 11.3 Å². The molecule has 3 rings (SSSR count). The van der Waals surface area contributed by atoms with Gasteiger partial charge < -0.3 is 15.2 Å². The van der Waals surface area contributed by atoms with Crippen molar-refractivity contribution in [3.8, 4) is 17.1 Å². The van der Waals surface area contributed by atoms with E-state index in [1.165, 1.54) is 6.20 Å². The van der Waals surface area contributed by atoms with E-state index >= 15 is 0 Å². The highest BCUT2D eigenvalue weighted by atomic mass is 16.5. The number of nitrogens with zero attached hydrogens (tertiary/aromatic N) is 4. The maximum atomic E-state index is 11.8. The third-order valence-corrected chi connectivity index (χ3v) is 3.73. The zero-order chi connectivity index (χ0) is 18.4. The summed E-state index contributed by atoms with van der Waals surface area (Å²) < 4.78 is 7.38. The number of rotatable bonds is 7. The summed E-state index contributed by atoms with van der Waals surface area (Å²) in [5.74, 6) is 0.0488. The number of pyridine rings is 1. The lowest BCUT2D eigenvalue weighted by atomic mass is 10.1. The molecule has 0 saturated carbocycles. The molecule has 0 radical (unpaired) electrons. The second kappa shape index (κ2) is 8.21. The molecule has 0 aliphatic heterocycles. The van der Waals surface area contributed by atoms with Gasteiger partial charge in [-0.2, -0.15) is 0 Å². The average molecular weight is 352 g/mol. The van der Waals surface area contributed by atoms with Crippen LogP contribution in [0.2, 0.25) is 0 Å². The molecule has 0 spiro atoms. The topological polar surface area (TPSA) is 105 Å². The van der Waals surface area contributed by atoms with Gasteiger partial charge in [-0.3, -0.25) is 4.79 Å². The molecule has 2 aromatic heterocycles. The van der Waals surface area contributed by atoms with Crippen LogP contribution >= 0.6 is 0 Å². The molecule has 8 heteroatoms. The monoisotopic (exact) mass is 352 g/mol. The first kappa shape index (κ1) is 17.6. The zero-order valence-electron chi connectivity index (χ0n) is 14.3. The Kier molecular flexibility index (Phi) is 5.55. The highest BCUT2D eigenvalue weighted by Crippen LogP contribution is 2.21. The van der Waals surface area contributed by atoms with Gasteiger partial charge in [0, 0.05) is 31.4 Å². The van der Waals surface area contributed by atoms with Crippen LogP contribution in [0.5, 0.6) is 5.88 Å². The van der Waals surface area contributed by atoms with Crippen molar-refractivity contribution in [3.63, 3.8) is 0 Å². The summed E-state index contributed by atoms with van der Waals surface area (Å²) in [5.41, 5.74) is 2.90. The molecule has 1 aromatic carbocycles. The van der Waals surface area contributed by atoms with E-state index in [2.05, 4.69) is 20.6 Å². The predicted molar refractivity (Wildman–Crippen MR) is 92.2 cm³/mol. The summed E-state index contributed by atoms with van der Waals surface area (Å²) in [6.45, 7) is -0.0296. The van der Waals surface area contributed by atoms with E-state index in [1.54, 1.807) is 23.9 Å². The lowest BCUT2D eigenvalue weighted by molar-refractivity contribution is -0.364. The van der Waals surface area contributed by atoms with E-state index in [0.29, 0.717) is 11.4 Å². The number of amides is 1. The maximum Gasteiger partial charge on any atom is 0.252 e. The number of hydrogen-bond donors (Lipinski definition) is 1. The number of nitrogens with one attached hydrogen (secondary N) is 1. The van der Waals surface area contributed by atoms with Gasteiger partial charge >= 0.3 is 0 Å². The molecule has 134 valence electrons. The summed E-state index contributed by atoms with van der Waals surface area (Å²) in [6.07, 6.45) is 1.41. The summed E-state index contributed by atoms with van der Waals surface area (Å²) in [5, 5.41) is 21.2. The molecule has 0 saturated heterocycles. The van der Waals surface area contributed by atoms with E-state index in [0.717, 1.165) is 17.0 Å². The van der Waals surface area contributed by atoms with Crippen LogP contribution in [0.4, 0.5) is 0 Å². The first-order valence-electron chi connectivity index (χ1n) is 8.08. The van der Waals surface area contributed by atoms with Crippen molar-refractivity contribution in [1.82, 2.24) is 25.3 Å². The molecule has 26 heavy (non-hydrogen) atoms. The Morgan fingerprint density at radius 1 is 1.23 bits per heavy atom. The minimum atomic E-state index is -0.358. The minimum Gasteiger partial charge on any atom is -0.853 e. The number of aromatic nitrogens is 4. The highest BCUT2D eigenvalue weighted by Gasteiger charge is 2.13. The van der Waals surface area contributed by atoms with Crippen LogP contribution in [0.1, 0.15) is 16.1 Å². The molecule has 0 bridgehead atoms. The smallest absolute Gasteiger partial charge is 0.252 e. The number of carbonyl (C=O) groups excluding carboxylic acids is 1. The third-order valence-electron chi connectivity index (χ3n) is 3.73. The van der Waals surface area contributed by atoms with Crippen molar-refractivity contribution in [3.05, 3.63) is 59.9 Å². The molecule has 1 N–H and O–H groups in total. The van der Waals surface area contributed by atoms with Gasteiger partial charge in [-0.1, -0.05) is 35.5 Å². The number of hydrogen-bond acceptors (Lipinski definition) is 6. The van der Waals surface area contributed by atoms with Crippen molar-refractivity contribution in [2.75, 3.05) is 13.2 Å². The molecule has 0 atom stereocenters. The van der Waals surface area contributed by atoms with E-state index in [9.17, 15) is 9.90 Å². The molecule has 0 aliphatic carbocycles. The average Bonchev–Trinajstić information content (AvgIpc) is 3.06. The van der Waals surface area contributed by atoms with Crippen molar-refractivity contribution < 1.29 is 14.6 Å². The summed E-state index contributed by atoms with van der Waals surface area (Å²) >= 11 is 0. The molecule has 0 unspecified atom stereocenters. The van der Waals surface area contributed by atoms with Crippen LogP contribution in [0.15, 0.2) is 48.7 Å². The summed E-state index contributed by atoms with van der Waals surface area (Å²) in [4.78, 5) is 15.9. The Hall–Kier alpha value is -3.26. The van der Waals surface area contributed by atoms with Crippen LogP contribution in [-0.2, 0) is 13.7 Å². The van der Waals surface area contributed by atoms with E-state index in [4.69, 9.17) is 4.74 Å². The Morgan fingerprint density at radius 2 is 2.04 bits per heavy atom. The Morgan fingerprint density at radius 3 is 2.73 bits per heavy atom. The standard InChI is InChI=1S/C18H18N5O3/c1-23-15(17(21-22-23)13-5-3-2-4-6-13)12-26-16-8-7-14(11-20-16)18(25)19-9-10-24/h2-8,11H,9-10,12H2,1H3,(H,19,25)/q-1. The van der Waals surface area contributed by atoms with Crippen molar-refractivity contribution >= 4 is 5.91 Å². The fourth-order valence-corrected chi connectivity index (χ4v) is 2.37. The van der Waals surface area contributed by atoms with Crippen molar-refractivity contribution in [2.24, 2.45) is 7.05 Å². The number of ether oxygens (including phenoxy) is 1. The third kappa shape index (κ3) is 4.04. The van der Waals surface area contributed by atoms with Crippen LogP contribution in [-0.4, -0.2) is 39.0 Å². The molecule has 0 aliphatic rings. The van der Waals surface area contributed by atoms with E-state index in [1.807, 2.05) is 30.3 Å². The molecule has 0 fully saturated rings. The number of aryl methyl sites for hydroxylation is 1. The lowest BCUT2D eigenvalue weighted by Crippen LogP contribution is -2.30. The van der Waals surface area contributed by atoms with E-state index < -0.39 is 0 Å². The van der Waals surface area contributed by atoms with Gasteiger partial charge in [-0.05, 0) is 6.07 Å². The first-order valence-corrected chi connectivity index (χ1v) is 8.08. The Balaban J connectivity index is 1.68. The zero-order valence-corrected chi connectivity index (χ0v) is 14.3. The minimum absolute atomic E-state index is 0.0901. The normalized spacial score (nSPS) is 10.5. The van der Waals surface area contributed by atoms with Gasteiger partial charge in [-0.25, -0.2) is 9.67 Å². The SMILES string of the molecule is Cn1nnc(-c2ccccc2)c1COc1ccc(C(=O)NCC[O-])cn1. The van der Waals surface area contributed by atoms with Crippen LogP contribution in [0, 0.1) is 0 Å². The molecule has 3 aromatic rings. The van der Waals surface area contributed by atoms with E-state index in [-0.39, 0.29) is 25.7 Å². The fourth-order valence-electron chi connectivity index (χ4n) is 2.37. The van der Waals surface area contributed by atoms with Gasteiger partial charge in [-0.15, -0.1) is 11.7 Å². The molecule has 2 heterocycles. The van der Waals surface area contributed by atoms with Gasteiger partial charge in [0.25, 0.3) is 5.91 Å². The second-order valence-corrected chi connectivity index (χ2v) is 5.51. The van der Waals surface area contributed by atoms with Crippen molar-refractivity contribution in [1.29, 1.82) is 0 Å². The number of carbonyl (C=O) groups is 1. The van der Waals surface area contributed by atoms with Gasteiger partial charge in [0.1, 0.15) is 18.0 Å². The highest BCUT2D eigenvalue weighted by molar-refractivity contribution is 5.93. The molecule has 1 amide bonds. The quantitative estimate of drug-likeness (QED) is 0.666. The van der Waals surface area contributed by atoms with Crippen LogP contribution < -0.4 is 15.2 Å². The maximum absolute atomic E-state index is 11.8. The van der Waals surface area contributed by atoms with Gasteiger partial charge in [0.05, 0.1) is 5.56 Å². The first-order chi connectivity index (χ1) is 12.7. The predicted octanol–water partition coefficient (Wildman–Crippen LogP) is 0.546. The van der Waals surface area contributed by atoms with Crippen molar-refractivity contribution in [2.45, 2.75) is 6.61 Å².